The predicted molar refractivity (Wildman–Crippen MR) is 177 cm³/mol. The number of unbranched alkanes of at least 4 members (excludes halogenated alkanes) is 6. The van der Waals surface area contributed by atoms with Crippen LogP contribution < -0.4 is 10.6 Å². The van der Waals surface area contributed by atoms with E-state index in [4.69, 9.17) is 9.47 Å². The maximum absolute atomic E-state index is 13.7. The zero-order valence-corrected chi connectivity index (χ0v) is 27.1. The van der Waals surface area contributed by atoms with Gasteiger partial charge in [-0.2, -0.15) is 0 Å². The van der Waals surface area contributed by atoms with Gasteiger partial charge in [0, 0.05) is 35.6 Å². The number of ketones is 2. The first-order valence-electron chi connectivity index (χ1n) is 17.0. The standard InChI is InChI=1S/C36H52N4O4/c1-39(21-25-43-26-22-39)19-11-5-3-9-17-37-31-15-16-32(34-33(31)35(41)29-13-7-8-14-30(29)36(34)42)38-18-10-4-6-12-20-40(2)23-27-44-28-24-40/h7-8,13-16H,3-6,9-12,17-28H2,1-2H3/p+2. The highest BCUT2D eigenvalue weighted by molar-refractivity contribution is 6.31. The molecule has 2 saturated heterocycles. The quantitative estimate of drug-likeness (QED) is 0.169. The molecule has 0 bridgehead atoms. The maximum Gasteiger partial charge on any atom is 0.196 e. The van der Waals surface area contributed by atoms with Gasteiger partial charge in [0.05, 0.1) is 64.7 Å². The van der Waals surface area contributed by atoms with E-state index in [0.717, 1.165) is 112 Å². The third-order valence-corrected chi connectivity index (χ3v) is 10.1. The number of rotatable bonds is 16. The average Bonchev–Trinajstić information content (AvgIpc) is 3.03. The highest BCUT2D eigenvalue weighted by Crippen LogP contribution is 2.36. The number of carbonyl (C=O) groups excluding carboxylic acids is 2. The minimum Gasteiger partial charge on any atom is -0.384 e. The molecule has 0 unspecified atom stereocenters. The largest absolute Gasteiger partial charge is 0.384 e. The van der Waals surface area contributed by atoms with Crippen molar-refractivity contribution in [2.75, 3.05) is 104 Å². The number of nitrogens with one attached hydrogen (secondary N) is 2. The maximum atomic E-state index is 13.7. The van der Waals surface area contributed by atoms with Crippen LogP contribution in [0.15, 0.2) is 36.4 Å². The molecule has 0 atom stereocenters. The van der Waals surface area contributed by atoms with Gasteiger partial charge in [-0.1, -0.05) is 37.1 Å². The van der Waals surface area contributed by atoms with Crippen LogP contribution in [0.1, 0.15) is 83.2 Å². The second-order valence-corrected chi connectivity index (χ2v) is 13.6. The lowest BCUT2D eigenvalue weighted by Gasteiger charge is -2.37. The number of nitrogens with zero attached hydrogens (tertiary/aromatic N) is 2. The molecule has 2 aromatic carbocycles. The molecule has 2 fully saturated rings. The molecule has 8 heteroatoms. The third kappa shape index (κ3) is 8.27. The van der Waals surface area contributed by atoms with Crippen LogP contribution >= 0.6 is 0 Å². The summed E-state index contributed by atoms with van der Waals surface area (Å²) in [4.78, 5) is 27.5. The van der Waals surface area contributed by atoms with Crippen LogP contribution in [0.5, 0.6) is 0 Å². The molecular formula is C36H54N4O4+2. The van der Waals surface area contributed by atoms with Crippen molar-refractivity contribution in [3.8, 4) is 0 Å². The Morgan fingerprint density at radius 3 is 1.36 bits per heavy atom. The van der Waals surface area contributed by atoms with E-state index in [1.807, 2.05) is 24.3 Å². The zero-order chi connectivity index (χ0) is 30.8. The molecule has 5 rings (SSSR count). The molecule has 8 nitrogen and oxygen atoms in total. The Labute approximate surface area is 264 Å². The van der Waals surface area contributed by atoms with Gasteiger partial charge >= 0.3 is 0 Å². The van der Waals surface area contributed by atoms with Crippen molar-refractivity contribution >= 4 is 22.9 Å². The van der Waals surface area contributed by atoms with Crippen LogP contribution in [0.4, 0.5) is 11.4 Å². The van der Waals surface area contributed by atoms with Crippen molar-refractivity contribution in [1.82, 2.24) is 0 Å². The second-order valence-electron chi connectivity index (χ2n) is 13.6. The molecule has 2 aliphatic heterocycles. The van der Waals surface area contributed by atoms with E-state index in [9.17, 15) is 9.59 Å². The van der Waals surface area contributed by atoms with Gasteiger partial charge in [-0.25, -0.2) is 0 Å². The van der Waals surface area contributed by atoms with Crippen LogP contribution in [0, 0.1) is 0 Å². The highest BCUT2D eigenvalue weighted by Gasteiger charge is 2.34. The van der Waals surface area contributed by atoms with Crippen LogP contribution in [0.2, 0.25) is 0 Å². The molecule has 0 saturated carbocycles. The minimum atomic E-state index is -0.0662. The van der Waals surface area contributed by atoms with Gasteiger partial charge in [-0.05, 0) is 50.7 Å². The van der Waals surface area contributed by atoms with Crippen molar-refractivity contribution in [3.05, 3.63) is 58.7 Å². The number of hydrogen-bond acceptors (Lipinski definition) is 6. The molecule has 0 spiro atoms. The normalized spacial score (nSPS) is 18.9. The average molecular weight is 607 g/mol. The van der Waals surface area contributed by atoms with Gasteiger partial charge in [0.15, 0.2) is 11.6 Å². The number of quaternary nitrogens is 2. The van der Waals surface area contributed by atoms with Gasteiger partial charge in [0.2, 0.25) is 0 Å². The Kier molecular flexibility index (Phi) is 11.5. The molecule has 2 N–H and O–H groups in total. The Bertz CT molecular complexity index is 1170. The highest BCUT2D eigenvalue weighted by atomic mass is 16.5. The lowest BCUT2D eigenvalue weighted by molar-refractivity contribution is -0.917. The summed E-state index contributed by atoms with van der Waals surface area (Å²) in [5, 5.41) is 7.04. The summed E-state index contributed by atoms with van der Waals surface area (Å²) in [5.74, 6) is -0.132. The van der Waals surface area contributed by atoms with Crippen LogP contribution in [-0.2, 0) is 9.47 Å². The monoisotopic (exact) mass is 606 g/mol. The fraction of sp³-hybridized carbons (Fsp3) is 0.611. The Morgan fingerprint density at radius 1 is 0.568 bits per heavy atom. The number of hydrogen-bond donors (Lipinski definition) is 2. The molecule has 0 aromatic heterocycles. The molecule has 44 heavy (non-hydrogen) atoms. The number of fused-ring (bicyclic) bond motifs is 2. The second kappa shape index (κ2) is 15.5. The summed E-state index contributed by atoms with van der Waals surface area (Å²) in [6.45, 7) is 12.0. The molecule has 2 aromatic rings. The SMILES string of the molecule is C[N+]1(CCCCCCNc2ccc(NCCCCCC[N+]3(C)CCOCC3)c3c2C(=O)c2ccccc2C3=O)CCOCC1. The molecule has 1 aliphatic carbocycles. The fourth-order valence-electron chi connectivity index (χ4n) is 6.92. The summed E-state index contributed by atoms with van der Waals surface area (Å²) in [5.41, 5.74) is 3.58. The van der Waals surface area contributed by atoms with Gasteiger partial charge in [-0.15, -0.1) is 0 Å². The number of likely N-dealkylation sites (N-methyl/N-ethyl adjacent to an activating group) is 2. The molecular weight excluding hydrogens is 552 g/mol. The first-order valence-corrected chi connectivity index (χ1v) is 17.0. The topological polar surface area (TPSA) is 76.7 Å². The van der Waals surface area contributed by atoms with Gasteiger partial charge in [0.25, 0.3) is 0 Å². The van der Waals surface area contributed by atoms with Crippen molar-refractivity contribution in [2.24, 2.45) is 0 Å². The van der Waals surface area contributed by atoms with Gasteiger partial charge < -0.3 is 29.1 Å². The molecule has 0 radical (unpaired) electrons. The lowest BCUT2D eigenvalue weighted by Crippen LogP contribution is -2.52. The van der Waals surface area contributed by atoms with Crippen LogP contribution in [0.25, 0.3) is 0 Å². The summed E-state index contributed by atoms with van der Waals surface area (Å²) < 4.78 is 13.3. The number of ether oxygens (including phenoxy) is 2. The molecule has 0 amide bonds. The Morgan fingerprint density at radius 2 is 0.955 bits per heavy atom. The smallest absolute Gasteiger partial charge is 0.196 e. The van der Waals surface area contributed by atoms with Gasteiger partial charge in [-0.3, -0.25) is 9.59 Å². The summed E-state index contributed by atoms with van der Waals surface area (Å²) in [7, 11) is 4.69. The number of morpholine rings is 2. The molecule has 2 heterocycles. The summed E-state index contributed by atoms with van der Waals surface area (Å²) >= 11 is 0. The third-order valence-electron chi connectivity index (χ3n) is 10.1. The number of anilines is 2. The van der Waals surface area contributed by atoms with E-state index in [-0.39, 0.29) is 11.6 Å². The van der Waals surface area contributed by atoms with E-state index in [2.05, 4.69) is 24.7 Å². The van der Waals surface area contributed by atoms with Crippen LogP contribution in [-0.4, -0.2) is 113 Å². The Hall–Kier alpha value is -2.78. The minimum absolute atomic E-state index is 0.0662. The fourth-order valence-corrected chi connectivity index (χ4v) is 6.92. The Balaban J connectivity index is 1.13. The van der Waals surface area contributed by atoms with Crippen molar-refractivity contribution in [2.45, 2.75) is 51.4 Å². The molecule has 240 valence electrons. The summed E-state index contributed by atoms with van der Waals surface area (Å²) in [6.07, 6.45) is 9.22. The summed E-state index contributed by atoms with van der Waals surface area (Å²) in [6, 6.07) is 11.2. The van der Waals surface area contributed by atoms with E-state index in [0.29, 0.717) is 22.3 Å². The first kappa shape index (κ1) is 32.6. The van der Waals surface area contributed by atoms with Gasteiger partial charge in [0.1, 0.15) is 26.2 Å². The van der Waals surface area contributed by atoms with Crippen molar-refractivity contribution in [1.29, 1.82) is 0 Å². The predicted octanol–water partition coefficient (Wildman–Crippen LogP) is 5.36. The first-order chi connectivity index (χ1) is 21.4. The van der Waals surface area contributed by atoms with Crippen molar-refractivity contribution < 1.29 is 28.0 Å². The number of carbonyl (C=O) groups is 2. The van der Waals surface area contributed by atoms with Crippen molar-refractivity contribution in [3.63, 3.8) is 0 Å². The number of benzene rings is 2. The van der Waals surface area contributed by atoms with E-state index >= 15 is 0 Å². The lowest BCUT2D eigenvalue weighted by atomic mass is 9.82. The zero-order valence-electron chi connectivity index (χ0n) is 27.1. The van der Waals surface area contributed by atoms with E-state index in [1.165, 1.54) is 38.8 Å². The molecule has 3 aliphatic rings. The van der Waals surface area contributed by atoms with Crippen LogP contribution in [0.3, 0.4) is 0 Å². The van der Waals surface area contributed by atoms with E-state index < -0.39 is 0 Å². The van der Waals surface area contributed by atoms with E-state index in [1.54, 1.807) is 12.1 Å².